The Morgan fingerprint density at radius 2 is 2.00 bits per heavy atom. The summed E-state index contributed by atoms with van der Waals surface area (Å²) in [7, 11) is 0. The minimum atomic E-state index is -0.251. The average molecular weight is 357 g/mol. The van der Waals surface area contributed by atoms with Crippen LogP contribution in [0.5, 0.6) is 0 Å². The summed E-state index contributed by atoms with van der Waals surface area (Å²) in [4.78, 5) is 26.3. The maximum absolute atomic E-state index is 12.3. The summed E-state index contributed by atoms with van der Waals surface area (Å²) in [5.41, 5.74) is -0.0338. The topological polar surface area (TPSA) is 64.7 Å². The molecule has 2 atom stereocenters. The van der Waals surface area contributed by atoms with E-state index >= 15 is 0 Å². The lowest BCUT2D eigenvalue weighted by Gasteiger charge is -2.34. The highest BCUT2D eigenvalue weighted by Gasteiger charge is 2.30. The summed E-state index contributed by atoms with van der Waals surface area (Å²) in [6.45, 7) is 11.3. The molecule has 0 saturated carbocycles. The molecular weight excluding hydrogens is 324 g/mol. The molecule has 2 N–H and O–H groups in total. The van der Waals surface area contributed by atoms with Crippen LogP contribution in [0.1, 0.15) is 47.0 Å². The molecule has 3 amide bonds. The largest absolute Gasteiger partial charge is 0.338 e. The molecule has 2 aliphatic heterocycles. The number of urea groups is 1. The van der Waals surface area contributed by atoms with Crippen molar-refractivity contribution in [2.75, 3.05) is 31.9 Å². The van der Waals surface area contributed by atoms with E-state index in [9.17, 15) is 9.59 Å². The summed E-state index contributed by atoms with van der Waals surface area (Å²) in [6, 6.07) is 0.0834. The Kier molecular flexibility index (Phi) is 6.80. The lowest BCUT2D eigenvalue weighted by Crippen LogP contribution is -2.53. The number of nitrogens with zero attached hydrogens (tertiary/aromatic N) is 2. The van der Waals surface area contributed by atoms with Gasteiger partial charge in [0.2, 0.25) is 5.91 Å². The number of hydrogen-bond donors (Lipinski definition) is 2. The summed E-state index contributed by atoms with van der Waals surface area (Å²) in [5.74, 6) is 1.17. The maximum atomic E-state index is 12.3. The van der Waals surface area contributed by atoms with Crippen molar-refractivity contribution in [2.45, 2.75) is 59.0 Å². The van der Waals surface area contributed by atoms with Crippen LogP contribution in [0, 0.1) is 5.41 Å². The van der Waals surface area contributed by atoms with E-state index in [4.69, 9.17) is 0 Å². The number of nitrogens with one attached hydrogen (secondary N) is 2. The van der Waals surface area contributed by atoms with E-state index in [0.29, 0.717) is 0 Å². The summed E-state index contributed by atoms with van der Waals surface area (Å²) in [5, 5.41) is 5.81. The van der Waals surface area contributed by atoms with Crippen molar-refractivity contribution in [3.05, 3.63) is 0 Å². The van der Waals surface area contributed by atoms with Crippen LogP contribution in [0.2, 0.25) is 0 Å². The van der Waals surface area contributed by atoms with Crippen molar-refractivity contribution >= 4 is 23.9 Å². The van der Waals surface area contributed by atoms with E-state index in [1.807, 2.05) is 16.8 Å². The lowest BCUT2D eigenvalue weighted by molar-refractivity contribution is -0.130. The standard InChI is InChI=1S/C17H32N4O2S/c1-13-7-5-9-21(13)15(22)11-18-16(23)19-14(17(2,3)4)12-20-8-6-10-24-20/h13-14H,5-12H2,1-4H3,(H2,18,19,23)/t13-,14?/m1/s1. The van der Waals surface area contributed by atoms with E-state index in [2.05, 4.69) is 42.6 Å². The number of hydrogen-bond acceptors (Lipinski definition) is 4. The number of carbonyl (C=O) groups excluding carboxylic acids is 2. The van der Waals surface area contributed by atoms with E-state index in [0.717, 1.165) is 38.2 Å². The second-order valence-electron chi connectivity index (χ2n) is 7.90. The Bertz CT molecular complexity index is 446. The van der Waals surface area contributed by atoms with Gasteiger partial charge in [-0.05, 0) is 31.6 Å². The fourth-order valence-electron chi connectivity index (χ4n) is 3.15. The van der Waals surface area contributed by atoms with Gasteiger partial charge >= 0.3 is 6.03 Å². The predicted octanol–water partition coefficient (Wildman–Crippen LogP) is 2.07. The molecule has 24 heavy (non-hydrogen) atoms. The highest BCUT2D eigenvalue weighted by Crippen LogP contribution is 2.26. The normalized spacial score (nSPS) is 23.3. The average Bonchev–Trinajstić information content (AvgIpc) is 3.14. The Morgan fingerprint density at radius 1 is 1.25 bits per heavy atom. The van der Waals surface area contributed by atoms with Crippen molar-refractivity contribution in [1.29, 1.82) is 0 Å². The van der Waals surface area contributed by atoms with Crippen LogP contribution in [0.15, 0.2) is 0 Å². The van der Waals surface area contributed by atoms with E-state index < -0.39 is 0 Å². The molecule has 138 valence electrons. The van der Waals surface area contributed by atoms with Gasteiger partial charge in [0.25, 0.3) is 0 Å². The van der Waals surface area contributed by atoms with Gasteiger partial charge in [-0.2, -0.15) is 0 Å². The minimum Gasteiger partial charge on any atom is -0.338 e. The number of likely N-dealkylation sites (tertiary alicyclic amines) is 1. The van der Waals surface area contributed by atoms with Crippen LogP contribution in [0.4, 0.5) is 4.79 Å². The molecule has 0 radical (unpaired) electrons. The first kappa shape index (κ1) is 19.4. The van der Waals surface area contributed by atoms with Gasteiger partial charge in [0.15, 0.2) is 0 Å². The first-order chi connectivity index (χ1) is 11.3. The SMILES string of the molecule is C[C@@H]1CCCN1C(=O)CNC(=O)NC(CN1CCCS1)C(C)(C)C. The van der Waals surface area contributed by atoms with Crippen molar-refractivity contribution in [3.63, 3.8) is 0 Å². The number of amides is 3. The van der Waals surface area contributed by atoms with Gasteiger partial charge in [-0.1, -0.05) is 32.7 Å². The first-order valence-electron chi connectivity index (χ1n) is 8.99. The van der Waals surface area contributed by atoms with Gasteiger partial charge < -0.3 is 15.5 Å². The van der Waals surface area contributed by atoms with Crippen LogP contribution in [-0.4, -0.2) is 65.2 Å². The van der Waals surface area contributed by atoms with E-state index in [1.54, 1.807) is 0 Å². The van der Waals surface area contributed by atoms with Crippen molar-refractivity contribution < 1.29 is 9.59 Å². The van der Waals surface area contributed by atoms with Crippen molar-refractivity contribution in [3.8, 4) is 0 Å². The molecule has 0 aromatic rings. The molecule has 1 unspecified atom stereocenters. The van der Waals surface area contributed by atoms with Crippen LogP contribution in [0.25, 0.3) is 0 Å². The quantitative estimate of drug-likeness (QED) is 0.740. The molecule has 2 fully saturated rings. The third-order valence-corrected chi connectivity index (χ3v) is 6.00. The van der Waals surface area contributed by atoms with E-state index in [-0.39, 0.29) is 36.0 Å². The minimum absolute atomic E-state index is 0.0116. The lowest BCUT2D eigenvalue weighted by atomic mass is 9.86. The van der Waals surface area contributed by atoms with Crippen molar-refractivity contribution in [1.82, 2.24) is 19.8 Å². The van der Waals surface area contributed by atoms with Gasteiger partial charge in [-0.3, -0.25) is 4.79 Å². The Balaban J connectivity index is 1.80. The van der Waals surface area contributed by atoms with Crippen LogP contribution < -0.4 is 10.6 Å². The highest BCUT2D eigenvalue weighted by molar-refractivity contribution is 7.97. The molecule has 2 heterocycles. The fraction of sp³-hybridized carbons (Fsp3) is 0.882. The zero-order valence-electron chi connectivity index (χ0n) is 15.4. The monoisotopic (exact) mass is 356 g/mol. The van der Waals surface area contributed by atoms with Crippen LogP contribution in [0.3, 0.4) is 0 Å². The number of rotatable bonds is 5. The second-order valence-corrected chi connectivity index (χ2v) is 9.08. The first-order valence-corrected chi connectivity index (χ1v) is 9.93. The molecule has 2 saturated heterocycles. The van der Waals surface area contributed by atoms with Crippen molar-refractivity contribution in [2.24, 2.45) is 5.41 Å². The van der Waals surface area contributed by atoms with Gasteiger partial charge in [0.05, 0.1) is 6.54 Å². The zero-order valence-corrected chi connectivity index (χ0v) is 16.2. The maximum Gasteiger partial charge on any atom is 0.315 e. The fourth-order valence-corrected chi connectivity index (χ4v) is 4.18. The van der Waals surface area contributed by atoms with Crippen LogP contribution >= 0.6 is 11.9 Å². The molecular formula is C17H32N4O2S. The summed E-state index contributed by atoms with van der Waals surface area (Å²) < 4.78 is 2.33. The summed E-state index contributed by atoms with van der Waals surface area (Å²) in [6.07, 6.45) is 3.31. The molecule has 0 aromatic heterocycles. The van der Waals surface area contributed by atoms with Gasteiger partial charge in [-0.25, -0.2) is 9.10 Å². The molecule has 0 aromatic carbocycles. The Morgan fingerprint density at radius 3 is 2.54 bits per heavy atom. The van der Waals surface area contributed by atoms with Crippen LogP contribution in [-0.2, 0) is 4.79 Å². The van der Waals surface area contributed by atoms with E-state index in [1.165, 1.54) is 6.42 Å². The molecule has 7 heteroatoms. The van der Waals surface area contributed by atoms with Gasteiger partial charge in [-0.15, -0.1) is 0 Å². The molecule has 0 spiro atoms. The predicted molar refractivity (Wildman–Crippen MR) is 98.8 cm³/mol. The smallest absolute Gasteiger partial charge is 0.315 e. The Labute approximate surface area is 150 Å². The highest BCUT2D eigenvalue weighted by atomic mass is 32.2. The molecule has 6 nitrogen and oxygen atoms in total. The third-order valence-electron chi connectivity index (χ3n) is 4.84. The molecule has 0 aliphatic carbocycles. The van der Waals surface area contributed by atoms with Gasteiger partial charge in [0.1, 0.15) is 0 Å². The molecule has 2 aliphatic rings. The summed E-state index contributed by atoms with van der Waals surface area (Å²) >= 11 is 1.85. The molecule has 0 bridgehead atoms. The third kappa shape index (κ3) is 5.55. The molecule has 2 rings (SSSR count). The van der Waals surface area contributed by atoms with Gasteiger partial charge in [0, 0.05) is 37.5 Å². The Hall–Kier alpha value is -0.950. The second kappa shape index (κ2) is 8.43. The number of carbonyl (C=O) groups is 2. The zero-order chi connectivity index (χ0) is 17.7.